The highest BCUT2D eigenvalue weighted by Crippen LogP contribution is 2.55. The Labute approximate surface area is 295 Å². The van der Waals surface area contributed by atoms with Gasteiger partial charge in [0.25, 0.3) is 0 Å². The van der Waals surface area contributed by atoms with Gasteiger partial charge in [0.2, 0.25) is 0 Å². The molecule has 2 bridgehead atoms. The Bertz CT molecular complexity index is 1320. The first-order valence-electron chi connectivity index (χ1n) is 18.3. The summed E-state index contributed by atoms with van der Waals surface area (Å²) >= 11 is 0. The summed E-state index contributed by atoms with van der Waals surface area (Å²) in [6, 6.07) is 4.15. The molecule has 48 heavy (non-hydrogen) atoms. The van der Waals surface area contributed by atoms with Gasteiger partial charge >= 0.3 is 6.09 Å². The number of nitrogens with zero attached hydrogens (tertiary/aromatic N) is 1. The van der Waals surface area contributed by atoms with Crippen LogP contribution in [0.15, 0.2) is 18.2 Å². The first-order chi connectivity index (χ1) is 21.7. The maximum absolute atomic E-state index is 13.0. The zero-order valence-corrected chi connectivity index (χ0v) is 35.2. The van der Waals surface area contributed by atoms with Gasteiger partial charge in [-0.15, -0.1) is 0 Å². The van der Waals surface area contributed by atoms with Gasteiger partial charge in [-0.3, -0.25) is 10.3 Å². The largest absolute Gasteiger partial charge is 0.444 e. The van der Waals surface area contributed by atoms with Gasteiger partial charge in [0.05, 0.1) is 35.8 Å². The van der Waals surface area contributed by atoms with Gasteiger partial charge in [-0.25, -0.2) is 4.79 Å². The number of nitrogens with one attached hydrogen (secondary N) is 1. The highest BCUT2D eigenvalue weighted by molar-refractivity contribution is 6.74. The zero-order valence-electron chi connectivity index (χ0n) is 33.2. The molecule has 3 heterocycles. The van der Waals surface area contributed by atoms with Crippen molar-refractivity contribution in [2.75, 3.05) is 18.5 Å². The molecule has 1 amide bonds. The average molecular weight is 701 g/mol. The highest BCUT2D eigenvalue weighted by atomic mass is 28.4. The quantitative estimate of drug-likeness (QED) is 0.258. The van der Waals surface area contributed by atoms with Crippen LogP contribution in [-0.4, -0.2) is 57.7 Å². The van der Waals surface area contributed by atoms with Crippen LogP contribution in [0.5, 0.6) is 0 Å². The summed E-state index contributed by atoms with van der Waals surface area (Å²) in [4.78, 5) is 18.4. The highest BCUT2D eigenvalue weighted by Gasteiger charge is 2.57. The molecule has 272 valence electrons. The van der Waals surface area contributed by atoms with Crippen molar-refractivity contribution in [2.45, 2.75) is 180 Å². The van der Waals surface area contributed by atoms with E-state index in [2.05, 4.69) is 99.0 Å². The maximum atomic E-state index is 13.0. The van der Waals surface area contributed by atoms with Gasteiger partial charge in [0, 0.05) is 11.6 Å². The Morgan fingerprint density at radius 3 is 1.83 bits per heavy atom. The molecule has 1 aromatic heterocycles. The van der Waals surface area contributed by atoms with Gasteiger partial charge in [0.15, 0.2) is 16.6 Å². The first kappa shape index (κ1) is 39.3. The number of fused-ring (bicyclic) bond motifs is 2. The summed E-state index contributed by atoms with van der Waals surface area (Å²) < 4.78 is 26.7. The molecule has 3 aliphatic rings. The second-order valence-corrected chi connectivity index (χ2v) is 29.6. The van der Waals surface area contributed by atoms with E-state index in [4.69, 9.17) is 23.3 Å². The van der Waals surface area contributed by atoms with Crippen LogP contribution in [0, 0.1) is 5.41 Å². The molecule has 2 unspecified atom stereocenters. The van der Waals surface area contributed by atoms with Crippen molar-refractivity contribution in [1.82, 2.24) is 4.98 Å². The third-order valence-electron chi connectivity index (χ3n) is 12.0. The van der Waals surface area contributed by atoms with E-state index >= 15 is 0 Å². The second-order valence-electron chi connectivity index (χ2n) is 20.0. The van der Waals surface area contributed by atoms with E-state index in [1.54, 1.807) is 0 Å². The van der Waals surface area contributed by atoms with Crippen molar-refractivity contribution in [3.8, 4) is 0 Å². The van der Waals surface area contributed by atoms with Crippen LogP contribution in [0.3, 0.4) is 0 Å². The Morgan fingerprint density at radius 1 is 0.875 bits per heavy atom. The summed E-state index contributed by atoms with van der Waals surface area (Å²) in [6.07, 6.45) is 8.51. The number of amides is 1. The summed E-state index contributed by atoms with van der Waals surface area (Å²) in [5.41, 5.74) is 2.75. The normalized spacial score (nSPS) is 26.6. The van der Waals surface area contributed by atoms with E-state index in [9.17, 15) is 4.79 Å². The molecule has 4 rings (SSSR count). The average Bonchev–Trinajstić information content (AvgIpc) is 3.19. The molecule has 1 N–H and O–H groups in total. The summed E-state index contributed by atoms with van der Waals surface area (Å²) in [7, 11) is -3.99. The summed E-state index contributed by atoms with van der Waals surface area (Å²) in [5, 5.41) is 3.28. The molecule has 2 atom stereocenters. The fourth-order valence-corrected chi connectivity index (χ4v) is 8.73. The van der Waals surface area contributed by atoms with E-state index in [0.29, 0.717) is 18.9 Å². The van der Waals surface area contributed by atoms with Crippen LogP contribution in [0.1, 0.15) is 138 Å². The van der Waals surface area contributed by atoms with Crippen LogP contribution < -0.4 is 5.32 Å². The number of pyridine rings is 1. The van der Waals surface area contributed by atoms with E-state index in [1.165, 1.54) is 5.57 Å². The Kier molecular flexibility index (Phi) is 10.8. The third kappa shape index (κ3) is 9.22. The maximum Gasteiger partial charge on any atom is 0.412 e. The SMILES string of the molecule is CC1(C)CC=C(c2nc(C3CC4(CO[Si](C)(C)C(C)(C)C)CCC(CO[Si](C)(C)C(C)(C)C)(C3)O4)ccc2NC(=O)OC(C)(C)C)CC1. The van der Waals surface area contributed by atoms with Crippen LogP contribution in [0.25, 0.3) is 5.57 Å². The minimum atomic E-state index is -2.00. The molecule has 0 aromatic carbocycles. The Balaban J connectivity index is 1.72. The van der Waals surface area contributed by atoms with Gasteiger partial charge in [-0.05, 0) is 125 Å². The van der Waals surface area contributed by atoms with Crippen molar-refractivity contribution < 1.29 is 23.1 Å². The number of ether oxygens (including phenoxy) is 2. The van der Waals surface area contributed by atoms with Gasteiger partial charge in [-0.2, -0.15) is 0 Å². The Hall–Kier alpha value is -1.53. The summed E-state index contributed by atoms with van der Waals surface area (Å²) in [5.74, 6) is 0.183. The van der Waals surface area contributed by atoms with Crippen LogP contribution in [0.4, 0.5) is 10.5 Å². The molecule has 0 spiro atoms. The number of hydrogen-bond donors (Lipinski definition) is 1. The number of anilines is 1. The van der Waals surface area contributed by atoms with Crippen molar-refractivity contribution in [3.05, 3.63) is 29.6 Å². The Morgan fingerprint density at radius 2 is 1.40 bits per heavy atom. The lowest BCUT2D eigenvalue weighted by Crippen LogP contribution is -2.53. The van der Waals surface area contributed by atoms with E-state index in [1.807, 2.05) is 26.8 Å². The number of hydrogen-bond acceptors (Lipinski definition) is 6. The molecular formula is C39H68N2O5Si2. The standard InChI is InChI=1S/C39H68N2O5Si2/c1-34(2,3)45-33(42)41-31-17-16-30(40-32(31)28-18-20-37(10,11)21-19-28)29-24-38(26-43-47(12,13)35(4,5)6)22-23-39(25-29,46-38)27-44-48(14,15)36(7,8)9/h16-18,29H,19-27H2,1-15H3,(H,41,42). The minimum absolute atomic E-state index is 0.120. The lowest BCUT2D eigenvalue weighted by molar-refractivity contribution is -0.173. The van der Waals surface area contributed by atoms with Crippen molar-refractivity contribution in [3.63, 3.8) is 0 Å². The smallest absolute Gasteiger partial charge is 0.412 e. The predicted molar refractivity (Wildman–Crippen MR) is 204 cm³/mol. The first-order valence-corrected chi connectivity index (χ1v) is 24.2. The van der Waals surface area contributed by atoms with E-state index in [0.717, 1.165) is 56.3 Å². The second kappa shape index (κ2) is 13.2. The van der Waals surface area contributed by atoms with Crippen LogP contribution in [0.2, 0.25) is 36.3 Å². The van der Waals surface area contributed by atoms with Gasteiger partial charge < -0.3 is 18.3 Å². The van der Waals surface area contributed by atoms with Crippen molar-refractivity contribution >= 4 is 34.0 Å². The number of rotatable bonds is 9. The minimum Gasteiger partial charge on any atom is -0.444 e. The van der Waals surface area contributed by atoms with Gasteiger partial charge in [-0.1, -0.05) is 61.5 Å². The molecule has 7 nitrogen and oxygen atoms in total. The van der Waals surface area contributed by atoms with Crippen LogP contribution >= 0.6 is 0 Å². The molecule has 1 aliphatic carbocycles. The summed E-state index contributed by atoms with van der Waals surface area (Å²) in [6.45, 7) is 34.6. The van der Waals surface area contributed by atoms with Crippen molar-refractivity contribution in [2.24, 2.45) is 5.41 Å². The number of allylic oxidation sites excluding steroid dienone is 2. The monoisotopic (exact) mass is 700 g/mol. The zero-order chi connectivity index (χ0) is 36.2. The number of carbonyl (C=O) groups excluding carboxylic acids is 1. The molecule has 2 aliphatic heterocycles. The number of carbonyl (C=O) groups is 1. The van der Waals surface area contributed by atoms with Gasteiger partial charge in [0.1, 0.15) is 5.60 Å². The molecule has 9 heteroatoms. The fraction of sp³-hybridized carbons (Fsp3) is 0.795. The third-order valence-corrected chi connectivity index (χ3v) is 20.9. The molecule has 2 fully saturated rings. The van der Waals surface area contributed by atoms with E-state index in [-0.39, 0.29) is 32.6 Å². The van der Waals surface area contributed by atoms with Crippen molar-refractivity contribution in [1.29, 1.82) is 0 Å². The molecule has 1 aromatic rings. The predicted octanol–water partition coefficient (Wildman–Crippen LogP) is 11.2. The van der Waals surface area contributed by atoms with E-state index < -0.39 is 28.3 Å². The lowest BCUT2D eigenvalue weighted by atomic mass is 9.77. The lowest BCUT2D eigenvalue weighted by Gasteiger charge is -2.47. The topological polar surface area (TPSA) is 78.9 Å². The number of aromatic nitrogens is 1. The molecule has 0 saturated carbocycles. The fourth-order valence-electron chi connectivity index (χ4n) is 6.61. The van der Waals surface area contributed by atoms with Crippen LogP contribution in [-0.2, 0) is 18.3 Å². The molecule has 2 saturated heterocycles. The molecule has 0 radical (unpaired) electrons. The molecular weight excluding hydrogens is 633 g/mol.